The van der Waals surface area contributed by atoms with Gasteiger partial charge in [0.1, 0.15) is 4.90 Å². The Bertz CT molecular complexity index is 1360. The van der Waals surface area contributed by atoms with Gasteiger partial charge in [-0.2, -0.15) is 13.5 Å². The van der Waals surface area contributed by atoms with Crippen molar-refractivity contribution in [2.24, 2.45) is 10.2 Å². The maximum absolute atomic E-state index is 12.8. The summed E-state index contributed by atoms with van der Waals surface area (Å²) in [5.41, 5.74) is 1.42. The molecule has 0 radical (unpaired) electrons. The van der Waals surface area contributed by atoms with Crippen LogP contribution in [-0.2, 0) is 14.9 Å². The molecule has 1 aliphatic rings. The van der Waals surface area contributed by atoms with E-state index in [1.807, 2.05) is 31.2 Å². The molecule has 7 nitrogen and oxygen atoms in total. The van der Waals surface area contributed by atoms with Crippen LogP contribution in [0.5, 0.6) is 5.75 Å². The molecule has 1 saturated heterocycles. The zero-order chi connectivity index (χ0) is 22.9. The van der Waals surface area contributed by atoms with Crippen molar-refractivity contribution in [2.75, 3.05) is 0 Å². The molecule has 0 bridgehead atoms. The van der Waals surface area contributed by atoms with Crippen LogP contribution in [0.25, 0.3) is 10.8 Å². The molecule has 0 atom stereocenters. The van der Waals surface area contributed by atoms with Crippen molar-refractivity contribution in [3.63, 3.8) is 0 Å². The molecule has 32 heavy (non-hydrogen) atoms. The van der Waals surface area contributed by atoms with E-state index in [1.165, 1.54) is 30.1 Å². The Morgan fingerprint density at radius 2 is 1.75 bits per heavy atom. The van der Waals surface area contributed by atoms with E-state index in [2.05, 4.69) is 15.5 Å². The lowest BCUT2D eigenvalue weighted by Crippen LogP contribution is -2.30. The summed E-state index contributed by atoms with van der Waals surface area (Å²) in [5, 5.41) is 12.9. The number of hydrogen-bond acceptors (Lipinski definition) is 7. The molecule has 1 aliphatic heterocycles. The minimum Gasteiger partial charge on any atom is -0.378 e. The fourth-order valence-corrected chi connectivity index (χ4v) is 4.90. The minimum atomic E-state index is -4.04. The highest BCUT2D eigenvalue weighted by Gasteiger charge is 2.38. The number of carbonyl (C=O) groups is 1. The molecule has 0 saturated carbocycles. The first-order valence-electron chi connectivity index (χ1n) is 9.80. The standard InChI is InChI=1S/C23H21N3O4S2/c1-15-8-11-17(12-9-15)32(28,29)30-20-13-10-16-6-4-5-7-18(16)19(20)14-24-26-22-25-21(27)23(2,3)31-22/h4-14H,1-3H3,(H,25,26,27). The summed E-state index contributed by atoms with van der Waals surface area (Å²) in [4.78, 5) is 12.0. The van der Waals surface area contributed by atoms with Crippen molar-refractivity contribution in [3.05, 3.63) is 71.8 Å². The van der Waals surface area contributed by atoms with Gasteiger partial charge in [-0.05, 0) is 49.7 Å². The first kappa shape index (κ1) is 22.0. The summed E-state index contributed by atoms with van der Waals surface area (Å²) in [6.07, 6.45) is 1.44. The molecular formula is C23H21N3O4S2. The molecule has 0 unspecified atom stereocenters. The van der Waals surface area contributed by atoms with Gasteiger partial charge in [-0.1, -0.05) is 59.8 Å². The van der Waals surface area contributed by atoms with E-state index in [4.69, 9.17) is 4.18 Å². The van der Waals surface area contributed by atoms with E-state index >= 15 is 0 Å². The number of nitrogens with one attached hydrogen (secondary N) is 1. The average molecular weight is 468 g/mol. The largest absolute Gasteiger partial charge is 0.378 e. The Balaban J connectivity index is 1.72. The van der Waals surface area contributed by atoms with Crippen molar-refractivity contribution in [3.8, 4) is 5.75 Å². The monoisotopic (exact) mass is 467 g/mol. The maximum Gasteiger partial charge on any atom is 0.339 e. The first-order chi connectivity index (χ1) is 15.2. The molecule has 0 aromatic heterocycles. The van der Waals surface area contributed by atoms with E-state index in [1.54, 1.807) is 38.1 Å². The van der Waals surface area contributed by atoms with Gasteiger partial charge in [-0.25, -0.2) is 0 Å². The molecule has 0 aliphatic carbocycles. The first-order valence-corrected chi connectivity index (χ1v) is 12.0. The van der Waals surface area contributed by atoms with Crippen LogP contribution >= 0.6 is 11.8 Å². The van der Waals surface area contributed by atoms with Crippen LogP contribution < -0.4 is 9.50 Å². The van der Waals surface area contributed by atoms with Gasteiger partial charge in [0.15, 0.2) is 10.9 Å². The number of thioether (sulfide) groups is 1. The zero-order valence-electron chi connectivity index (χ0n) is 17.7. The summed E-state index contributed by atoms with van der Waals surface area (Å²) < 4.78 is 30.6. The third-order valence-corrected chi connectivity index (χ3v) is 7.22. The highest BCUT2D eigenvalue weighted by Crippen LogP contribution is 2.31. The molecule has 9 heteroatoms. The number of rotatable bonds is 5. The van der Waals surface area contributed by atoms with E-state index in [-0.39, 0.29) is 16.6 Å². The highest BCUT2D eigenvalue weighted by molar-refractivity contribution is 8.16. The third-order valence-electron chi connectivity index (χ3n) is 4.89. The lowest BCUT2D eigenvalue weighted by molar-refractivity contribution is -0.120. The number of aryl methyl sites for hydroxylation is 1. The number of fused-ring (bicyclic) bond motifs is 1. The van der Waals surface area contributed by atoms with Crippen molar-refractivity contribution in [2.45, 2.75) is 30.4 Å². The number of amides is 1. The zero-order valence-corrected chi connectivity index (χ0v) is 19.3. The van der Waals surface area contributed by atoms with Crippen molar-refractivity contribution < 1.29 is 17.4 Å². The second-order valence-corrected chi connectivity index (χ2v) is 10.9. The molecule has 3 aromatic carbocycles. The quantitative estimate of drug-likeness (QED) is 0.344. The van der Waals surface area contributed by atoms with Crippen LogP contribution in [0.2, 0.25) is 0 Å². The van der Waals surface area contributed by atoms with E-state index in [0.717, 1.165) is 16.3 Å². The fraction of sp³-hybridized carbons (Fsp3) is 0.174. The summed E-state index contributed by atoms with van der Waals surface area (Å²) in [7, 11) is -4.04. The molecule has 1 amide bonds. The van der Waals surface area contributed by atoms with Crippen LogP contribution in [-0.4, -0.2) is 30.5 Å². The highest BCUT2D eigenvalue weighted by atomic mass is 32.2. The van der Waals surface area contributed by atoms with Gasteiger partial charge in [-0.15, -0.1) is 5.10 Å². The molecule has 1 fully saturated rings. The second kappa shape index (κ2) is 8.40. The predicted octanol–water partition coefficient (Wildman–Crippen LogP) is 4.25. The van der Waals surface area contributed by atoms with Crippen LogP contribution in [0.4, 0.5) is 0 Å². The Morgan fingerprint density at radius 3 is 2.44 bits per heavy atom. The Hall–Kier alpha value is -3.17. The van der Waals surface area contributed by atoms with Crippen LogP contribution in [0.1, 0.15) is 25.0 Å². The summed E-state index contributed by atoms with van der Waals surface area (Å²) in [5.74, 6) is -0.00788. The topological polar surface area (TPSA) is 97.2 Å². The van der Waals surface area contributed by atoms with Gasteiger partial charge in [0.05, 0.1) is 11.0 Å². The Labute approximate surface area is 190 Å². The summed E-state index contributed by atoms with van der Waals surface area (Å²) in [6, 6.07) is 17.3. The van der Waals surface area contributed by atoms with E-state index < -0.39 is 14.9 Å². The number of benzene rings is 3. The van der Waals surface area contributed by atoms with Gasteiger partial charge in [-0.3, -0.25) is 4.79 Å². The number of amidine groups is 1. The molecule has 4 rings (SSSR count). The van der Waals surface area contributed by atoms with Crippen molar-refractivity contribution >= 4 is 49.9 Å². The third kappa shape index (κ3) is 4.53. The molecule has 1 N–H and O–H groups in total. The van der Waals surface area contributed by atoms with Crippen LogP contribution in [0.15, 0.2) is 75.8 Å². The molecule has 164 valence electrons. The Morgan fingerprint density at radius 1 is 1.03 bits per heavy atom. The van der Waals surface area contributed by atoms with Crippen LogP contribution in [0, 0.1) is 6.92 Å². The van der Waals surface area contributed by atoms with Gasteiger partial charge >= 0.3 is 10.1 Å². The smallest absolute Gasteiger partial charge is 0.339 e. The minimum absolute atomic E-state index is 0.0617. The average Bonchev–Trinajstić information content (AvgIpc) is 3.01. The van der Waals surface area contributed by atoms with Crippen molar-refractivity contribution in [1.29, 1.82) is 0 Å². The molecule has 1 heterocycles. The number of nitrogens with zero attached hydrogens (tertiary/aromatic N) is 2. The van der Waals surface area contributed by atoms with Crippen LogP contribution in [0.3, 0.4) is 0 Å². The fourth-order valence-electron chi connectivity index (χ4n) is 3.10. The maximum atomic E-state index is 12.8. The van der Waals surface area contributed by atoms with E-state index in [9.17, 15) is 13.2 Å². The number of hydrogen-bond donors (Lipinski definition) is 1. The van der Waals surface area contributed by atoms with Gasteiger partial charge < -0.3 is 9.50 Å². The normalized spacial score (nSPS) is 17.2. The lowest BCUT2D eigenvalue weighted by atomic mass is 10.0. The van der Waals surface area contributed by atoms with E-state index in [0.29, 0.717) is 10.7 Å². The SMILES string of the molecule is Cc1ccc(S(=O)(=O)Oc2ccc3ccccc3c2C=NN=C2NC(=O)C(C)(C)S2)cc1. The lowest BCUT2D eigenvalue weighted by Gasteiger charge is -2.12. The second-order valence-electron chi connectivity index (χ2n) is 7.77. The van der Waals surface area contributed by atoms with Gasteiger partial charge in [0, 0.05) is 5.56 Å². The molecule has 3 aromatic rings. The molecule has 0 spiro atoms. The number of carbonyl (C=O) groups excluding carboxylic acids is 1. The molecular weight excluding hydrogens is 446 g/mol. The predicted molar refractivity (Wildman–Crippen MR) is 128 cm³/mol. The summed E-state index contributed by atoms with van der Waals surface area (Å²) in [6.45, 7) is 5.47. The Kier molecular flexibility index (Phi) is 5.79. The summed E-state index contributed by atoms with van der Waals surface area (Å²) >= 11 is 1.28. The van der Waals surface area contributed by atoms with Gasteiger partial charge in [0.25, 0.3) is 0 Å². The van der Waals surface area contributed by atoms with Crippen molar-refractivity contribution in [1.82, 2.24) is 5.32 Å². The van der Waals surface area contributed by atoms with Gasteiger partial charge in [0.2, 0.25) is 5.91 Å².